The molecule has 0 bridgehead atoms. The van der Waals surface area contributed by atoms with E-state index in [9.17, 15) is 14.4 Å². The van der Waals surface area contributed by atoms with Gasteiger partial charge in [-0.15, -0.1) is 0 Å². The summed E-state index contributed by atoms with van der Waals surface area (Å²) in [6.07, 6.45) is 2.36. The molecule has 1 saturated heterocycles. The van der Waals surface area contributed by atoms with Gasteiger partial charge in [-0.2, -0.15) is 0 Å². The van der Waals surface area contributed by atoms with E-state index < -0.39 is 23.6 Å². The molecule has 2 rings (SSSR count). The number of carbonyl (C=O) groups is 3. The van der Waals surface area contributed by atoms with E-state index in [1.54, 1.807) is 6.92 Å². The largest absolute Gasteiger partial charge is 0.481 e. The van der Waals surface area contributed by atoms with Crippen molar-refractivity contribution in [1.29, 1.82) is 0 Å². The second-order valence-electron chi connectivity index (χ2n) is 5.61. The summed E-state index contributed by atoms with van der Waals surface area (Å²) < 4.78 is 9.90. The molecule has 1 aliphatic carbocycles. The molecule has 116 valence electrons. The van der Waals surface area contributed by atoms with Gasteiger partial charge in [-0.3, -0.25) is 9.69 Å². The SMILES string of the molecule is C=CCOC(=O)N1COC(=O)[C@@]1(C)CC[C@@H]1C[C@H]1C(=O)O. The minimum Gasteiger partial charge on any atom is -0.481 e. The van der Waals surface area contributed by atoms with Gasteiger partial charge >= 0.3 is 18.0 Å². The highest BCUT2D eigenvalue weighted by atomic mass is 16.6. The Morgan fingerprint density at radius 3 is 2.90 bits per heavy atom. The first-order valence-electron chi connectivity index (χ1n) is 6.85. The number of aliphatic carboxylic acids is 1. The number of hydrogen-bond donors (Lipinski definition) is 1. The fourth-order valence-electron chi connectivity index (χ4n) is 2.57. The molecule has 1 amide bonds. The molecule has 7 heteroatoms. The number of hydrogen-bond acceptors (Lipinski definition) is 5. The van der Waals surface area contributed by atoms with Crippen molar-refractivity contribution >= 4 is 18.0 Å². The van der Waals surface area contributed by atoms with Crippen LogP contribution in [-0.2, 0) is 19.1 Å². The maximum atomic E-state index is 11.9. The Kier molecular flexibility index (Phi) is 4.20. The quantitative estimate of drug-likeness (QED) is 0.588. The molecule has 0 spiro atoms. The number of amides is 1. The number of carboxylic acids is 1. The van der Waals surface area contributed by atoms with Gasteiger partial charge in [0.05, 0.1) is 5.92 Å². The van der Waals surface area contributed by atoms with Gasteiger partial charge in [0.1, 0.15) is 12.1 Å². The predicted molar refractivity (Wildman–Crippen MR) is 71.2 cm³/mol. The lowest BCUT2D eigenvalue weighted by atomic mass is 9.93. The van der Waals surface area contributed by atoms with E-state index >= 15 is 0 Å². The predicted octanol–water partition coefficient (Wildman–Crippen LogP) is 1.38. The van der Waals surface area contributed by atoms with Crippen LogP contribution in [-0.4, -0.2) is 46.9 Å². The zero-order chi connectivity index (χ0) is 15.6. The third-order valence-electron chi connectivity index (χ3n) is 4.15. The van der Waals surface area contributed by atoms with Crippen LogP contribution in [0.25, 0.3) is 0 Å². The van der Waals surface area contributed by atoms with Crippen LogP contribution in [0.15, 0.2) is 12.7 Å². The van der Waals surface area contributed by atoms with Crippen molar-refractivity contribution in [2.45, 2.75) is 31.7 Å². The van der Waals surface area contributed by atoms with Crippen LogP contribution in [0.3, 0.4) is 0 Å². The highest BCUT2D eigenvalue weighted by Gasteiger charge is 2.52. The summed E-state index contributed by atoms with van der Waals surface area (Å²) in [5.74, 6) is -1.54. The van der Waals surface area contributed by atoms with Gasteiger partial charge < -0.3 is 14.6 Å². The summed E-state index contributed by atoms with van der Waals surface area (Å²) in [5, 5.41) is 8.88. The Balaban J connectivity index is 1.96. The van der Waals surface area contributed by atoms with Crippen LogP contribution in [0.4, 0.5) is 4.79 Å². The van der Waals surface area contributed by atoms with E-state index in [2.05, 4.69) is 6.58 Å². The Hall–Kier alpha value is -2.05. The van der Waals surface area contributed by atoms with E-state index in [0.29, 0.717) is 19.3 Å². The van der Waals surface area contributed by atoms with Crippen molar-refractivity contribution in [2.24, 2.45) is 11.8 Å². The lowest BCUT2D eigenvalue weighted by molar-refractivity contribution is -0.142. The molecule has 2 aliphatic rings. The standard InChI is InChI=1S/C14H19NO6/c1-3-6-20-13(19)15-8-21-12(18)14(15,2)5-4-9-7-10(9)11(16)17/h3,9-10H,1,4-8H2,2H3,(H,16,17)/t9-,10-,14-/m1/s1. The fraction of sp³-hybridized carbons (Fsp3) is 0.643. The van der Waals surface area contributed by atoms with Crippen LogP contribution in [0.2, 0.25) is 0 Å². The summed E-state index contributed by atoms with van der Waals surface area (Å²) >= 11 is 0. The molecule has 0 unspecified atom stereocenters. The van der Waals surface area contributed by atoms with Gasteiger partial charge in [-0.1, -0.05) is 12.7 Å². The molecule has 1 N–H and O–H groups in total. The van der Waals surface area contributed by atoms with E-state index in [1.165, 1.54) is 11.0 Å². The molecule has 21 heavy (non-hydrogen) atoms. The average molecular weight is 297 g/mol. The van der Waals surface area contributed by atoms with Crippen molar-refractivity contribution in [3.8, 4) is 0 Å². The fourth-order valence-corrected chi connectivity index (χ4v) is 2.57. The average Bonchev–Trinajstić information content (AvgIpc) is 3.16. The van der Waals surface area contributed by atoms with Gasteiger partial charge in [0.2, 0.25) is 0 Å². The van der Waals surface area contributed by atoms with Gasteiger partial charge in [-0.25, -0.2) is 9.59 Å². The van der Waals surface area contributed by atoms with Crippen molar-refractivity contribution in [1.82, 2.24) is 4.90 Å². The second-order valence-corrected chi connectivity index (χ2v) is 5.61. The van der Waals surface area contributed by atoms with E-state index in [1.807, 2.05) is 0 Å². The normalized spacial score (nSPS) is 30.7. The monoisotopic (exact) mass is 297 g/mol. The van der Waals surface area contributed by atoms with Gasteiger partial charge in [-0.05, 0) is 32.1 Å². The molecular formula is C14H19NO6. The molecule has 0 radical (unpaired) electrons. The number of ether oxygens (including phenoxy) is 2. The number of rotatable bonds is 6. The van der Waals surface area contributed by atoms with Gasteiger partial charge in [0.15, 0.2) is 6.73 Å². The maximum absolute atomic E-state index is 11.9. The first-order valence-corrected chi connectivity index (χ1v) is 6.85. The molecule has 0 aromatic rings. The topological polar surface area (TPSA) is 93.1 Å². The number of cyclic esters (lactones) is 1. The Morgan fingerprint density at radius 1 is 1.62 bits per heavy atom. The van der Waals surface area contributed by atoms with E-state index in [-0.39, 0.29) is 25.2 Å². The molecule has 0 aromatic carbocycles. The van der Waals surface area contributed by atoms with Gasteiger partial charge in [0, 0.05) is 0 Å². The number of carboxylic acid groups (broad SMARTS) is 1. The summed E-state index contributed by atoms with van der Waals surface area (Å²) in [6.45, 7) is 4.99. The molecule has 7 nitrogen and oxygen atoms in total. The Labute approximate surface area is 122 Å². The van der Waals surface area contributed by atoms with E-state index in [0.717, 1.165) is 0 Å². The first kappa shape index (κ1) is 15.3. The third-order valence-corrected chi connectivity index (χ3v) is 4.15. The maximum Gasteiger partial charge on any atom is 0.413 e. The van der Waals surface area contributed by atoms with Crippen molar-refractivity contribution in [3.63, 3.8) is 0 Å². The molecule has 3 atom stereocenters. The molecular weight excluding hydrogens is 278 g/mol. The van der Waals surface area contributed by atoms with Gasteiger partial charge in [0.25, 0.3) is 0 Å². The Bertz CT molecular complexity index is 476. The summed E-state index contributed by atoms with van der Waals surface area (Å²) in [4.78, 5) is 35.9. The molecule has 0 aromatic heterocycles. The van der Waals surface area contributed by atoms with Crippen molar-refractivity contribution < 1.29 is 29.0 Å². The number of carbonyl (C=O) groups excluding carboxylic acids is 2. The van der Waals surface area contributed by atoms with Crippen LogP contribution in [0.1, 0.15) is 26.2 Å². The minimum atomic E-state index is -1.09. The molecule has 1 aliphatic heterocycles. The van der Waals surface area contributed by atoms with E-state index in [4.69, 9.17) is 14.6 Å². The molecule has 1 heterocycles. The van der Waals surface area contributed by atoms with Crippen LogP contribution in [0, 0.1) is 11.8 Å². The smallest absolute Gasteiger partial charge is 0.413 e. The Morgan fingerprint density at radius 2 is 2.33 bits per heavy atom. The highest BCUT2D eigenvalue weighted by Crippen LogP contribution is 2.44. The third kappa shape index (κ3) is 3.01. The highest BCUT2D eigenvalue weighted by molar-refractivity contribution is 5.87. The number of esters is 1. The van der Waals surface area contributed by atoms with Crippen LogP contribution in [0.5, 0.6) is 0 Å². The van der Waals surface area contributed by atoms with Crippen molar-refractivity contribution in [2.75, 3.05) is 13.3 Å². The molecule has 1 saturated carbocycles. The van der Waals surface area contributed by atoms with Crippen LogP contribution < -0.4 is 0 Å². The lowest BCUT2D eigenvalue weighted by Gasteiger charge is -2.29. The zero-order valence-electron chi connectivity index (χ0n) is 11.9. The zero-order valence-corrected chi connectivity index (χ0v) is 11.9. The first-order chi connectivity index (χ1) is 9.90. The lowest BCUT2D eigenvalue weighted by Crippen LogP contribution is -2.49. The second kappa shape index (κ2) is 5.75. The molecule has 2 fully saturated rings. The minimum absolute atomic E-state index is 0.0588. The number of nitrogens with zero attached hydrogens (tertiary/aromatic N) is 1. The summed E-state index contributed by atoms with van der Waals surface area (Å²) in [5.41, 5.74) is -1.09. The van der Waals surface area contributed by atoms with Crippen LogP contribution >= 0.6 is 0 Å². The summed E-state index contributed by atoms with van der Waals surface area (Å²) in [6, 6.07) is 0. The van der Waals surface area contributed by atoms with Crippen molar-refractivity contribution in [3.05, 3.63) is 12.7 Å². The summed E-state index contributed by atoms with van der Waals surface area (Å²) in [7, 11) is 0.